The van der Waals surface area contributed by atoms with Gasteiger partial charge in [-0.1, -0.05) is 29.6 Å². The highest BCUT2D eigenvalue weighted by molar-refractivity contribution is 8.00. The van der Waals surface area contributed by atoms with E-state index in [4.69, 9.17) is 16.7 Å². The highest BCUT2D eigenvalue weighted by atomic mass is 35.5. The number of hydrogen-bond donors (Lipinski definition) is 2. The van der Waals surface area contributed by atoms with Crippen LogP contribution >= 0.6 is 34.9 Å². The molecule has 0 bridgehead atoms. The molecule has 1 aromatic carbocycles. The minimum Gasteiger partial charge on any atom is -0.316 e. The van der Waals surface area contributed by atoms with Gasteiger partial charge in [0.1, 0.15) is 0 Å². The van der Waals surface area contributed by atoms with Crippen LogP contribution in [0.5, 0.6) is 0 Å². The highest BCUT2D eigenvalue weighted by Crippen LogP contribution is 2.25. The Morgan fingerprint density at radius 2 is 1.96 bits per heavy atom. The van der Waals surface area contributed by atoms with Gasteiger partial charge in [0, 0.05) is 23.5 Å². The summed E-state index contributed by atoms with van der Waals surface area (Å²) in [4.78, 5) is 14.8. The summed E-state index contributed by atoms with van der Waals surface area (Å²) in [6.45, 7) is 3.00. The molecule has 2 aromatic rings. The van der Waals surface area contributed by atoms with E-state index < -0.39 is 0 Å². The van der Waals surface area contributed by atoms with Gasteiger partial charge in [-0.2, -0.15) is 0 Å². The van der Waals surface area contributed by atoms with Crippen LogP contribution in [-0.2, 0) is 17.6 Å². The number of nitrogens with zero attached hydrogens (tertiary/aromatic N) is 1. The number of hydrogen-bond acceptors (Lipinski definition) is 5. The molecule has 0 spiro atoms. The number of carbonyl (C=O) groups is 1. The zero-order valence-electron chi connectivity index (χ0n) is 15.1. The SMILES string of the molecule is NS/C=C/c1ccc(Cl)s1.O=C1CCCN1c1ccc2c(c1)CCNCC2. The minimum atomic E-state index is 0.275. The third-order valence-corrected chi connectivity index (χ3v) is 6.11. The van der Waals surface area contributed by atoms with Crippen molar-refractivity contribution < 1.29 is 4.79 Å². The van der Waals surface area contributed by atoms with Gasteiger partial charge in [0.15, 0.2) is 0 Å². The third-order valence-electron chi connectivity index (χ3n) is 4.62. The second-order valence-corrected chi connectivity index (χ2v) is 8.72. The summed E-state index contributed by atoms with van der Waals surface area (Å²) in [5.74, 6) is 0.275. The van der Waals surface area contributed by atoms with E-state index in [0.29, 0.717) is 6.42 Å². The Morgan fingerprint density at radius 1 is 1.15 bits per heavy atom. The lowest BCUT2D eigenvalue weighted by Crippen LogP contribution is -2.23. The minimum absolute atomic E-state index is 0.275. The Balaban J connectivity index is 0.000000180. The summed E-state index contributed by atoms with van der Waals surface area (Å²) in [6, 6.07) is 10.3. The van der Waals surface area contributed by atoms with Gasteiger partial charge in [-0.05, 0) is 79.2 Å². The number of nitrogens with one attached hydrogen (secondary N) is 1. The molecule has 4 rings (SSSR count). The molecule has 2 aliphatic rings. The van der Waals surface area contributed by atoms with E-state index >= 15 is 0 Å². The molecule has 0 radical (unpaired) electrons. The smallest absolute Gasteiger partial charge is 0.227 e. The molecule has 144 valence electrons. The number of rotatable bonds is 3. The molecule has 2 aliphatic heterocycles. The average Bonchev–Trinajstić information content (AvgIpc) is 3.21. The maximum Gasteiger partial charge on any atom is 0.227 e. The van der Waals surface area contributed by atoms with E-state index in [2.05, 4.69) is 23.5 Å². The van der Waals surface area contributed by atoms with Crippen LogP contribution in [0.15, 0.2) is 35.7 Å². The maximum absolute atomic E-state index is 11.7. The monoisotopic (exact) mass is 421 g/mol. The second-order valence-electron chi connectivity index (χ2n) is 6.43. The fraction of sp³-hybridized carbons (Fsp3) is 0.350. The summed E-state index contributed by atoms with van der Waals surface area (Å²) < 4.78 is 0.807. The lowest BCUT2D eigenvalue weighted by molar-refractivity contribution is -0.117. The molecule has 1 amide bonds. The Bertz CT molecular complexity index is 806. The van der Waals surface area contributed by atoms with Crippen LogP contribution in [0, 0.1) is 0 Å². The molecule has 27 heavy (non-hydrogen) atoms. The summed E-state index contributed by atoms with van der Waals surface area (Å²) in [5.41, 5.74) is 3.94. The zero-order chi connectivity index (χ0) is 19.1. The number of anilines is 1. The van der Waals surface area contributed by atoms with Crippen molar-refractivity contribution in [3.8, 4) is 0 Å². The van der Waals surface area contributed by atoms with E-state index in [1.807, 2.05) is 28.5 Å². The molecule has 1 saturated heterocycles. The maximum atomic E-state index is 11.7. The molecule has 3 heterocycles. The summed E-state index contributed by atoms with van der Waals surface area (Å²) >= 11 is 8.41. The molecular formula is C20H24ClN3OS2. The fourth-order valence-corrected chi connectivity index (χ4v) is 4.55. The van der Waals surface area contributed by atoms with E-state index in [9.17, 15) is 4.79 Å². The number of amides is 1. The molecule has 0 aliphatic carbocycles. The van der Waals surface area contributed by atoms with Gasteiger partial charge in [0.05, 0.1) is 4.34 Å². The number of halogens is 1. The van der Waals surface area contributed by atoms with Crippen LogP contribution in [0.2, 0.25) is 4.34 Å². The van der Waals surface area contributed by atoms with Gasteiger partial charge in [0.2, 0.25) is 5.91 Å². The first-order valence-corrected chi connectivity index (χ1v) is 11.2. The molecule has 0 saturated carbocycles. The van der Waals surface area contributed by atoms with Crippen molar-refractivity contribution in [2.24, 2.45) is 5.14 Å². The second kappa shape index (κ2) is 10.3. The van der Waals surface area contributed by atoms with Gasteiger partial charge in [0.25, 0.3) is 0 Å². The average molecular weight is 422 g/mol. The Morgan fingerprint density at radius 3 is 2.63 bits per heavy atom. The lowest BCUT2D eigenvalue weighted by atomic mass is 10.0. The van der Waals surface area contributed by atoms with Crippen molar-refractivity contribution >= 4 is 52.6 Å². The van der Waals surface area contributed by atoms with Crippen molar-refractivity contribution in [1.82, 2.24) is 5.32 Å². The first kappa shape index (κ1) is 20.4. The lowest BCUT2D eigenvalue weighted by Gasteiger charge is -2.17. The van der Waals surface area contributed by atoms with Crippen LogP contribution < -0.4 is 15.4 Å². The Labute approximate surface area is 173 Å². The molecule has 1 aromatic heterocycles. The number of carbonyl (C=O) groups excluding carboxylic acids is 1. The topological polar surface area (TPSA) is 58.4 Å². The Kier molecular flexibility index (Phi) is 7.79. The number of fused-ring (bicyclic) bond motifs is 1. The summed E-state index contributed by atoms with van der Waals surface area (Å²) in [7, 11) is 0. The largest absolute Gasteiger partial charge is 0.316 e. The predicted molar refractivity (Wildman–Crippen MR) is 118 cm³/mol. The van der Waals surface area contributed by atoms with E-state index in [0.717, 1.165) is 53.8 Å². The highest BCUT2D eigenvalue weighted by Gasteiger charge is 2.22. The van der Waals surface area contributed by atoms with Crippen molar-refractivity contribution in [3.63, 3.8) is 0 Å². The van der Waals surface area contributed by atoms with Crippen molar-refractivity contribution in [1.29, 1.82) is 0 Å². The predicted octanol–water partition coefficient (Wildman–Crippen LogP) is 4.48. The molecule has 7 heteroatoms. The van der Waals surface area contributed by atoms with Crippen LogP contribution in [0.4, 0.5) is 5.69 Å². The van der Waals surface area contributed by atoms with Crippen LogP contribution in [0.3, 0.4) is 0 Å². The standard InChI is InChI=1S/C14H18N2O.C6H6ClNS2/c17-14-2-1-9-16(14)13-4-3-11-5-7-15-8-6-12(11)10-13;7-6-2-1-5(10-6)3-4-9-8/h3-4,10,15H,1-2,5-9H2;1-4H,8H2/b;4-3+. The molecular weight excluding hydrogens is 398 g/mol. The van der Waals surface area contributed by atoms with Crippen molar-refractivity contribution in [3.05, 3.63) is 56.1 Å². The third kappa shape index (κ3) is 5.83. The molecule has 3 N–H and O–H groups in total. The first-order valence-electron chi connectivity index (χ1n) is 9.07. The molecule has 0 unspecified atom stereocenters. The number of thiophene rings is 1. The van der Waals surface area contributed by atoms with Crippen LogP contribution in [0.1, 0.15) is 28.8 Å². The zero-order valence-corrected chi connectivity index (χ0v) is 17.5. The molecule has 4 nitrogen and oxygen atoms in total. The number of nitrogens with two attached hydrogens (primary N) is 1. The van der Waals surface area contributed by atoms with Crippen LogP contribution in [-0.4, -0.2) is 25.5 Å². The van der Waals surface area contributed by atoms with Gasteiger partial charge < -0.3 is 10.2 Å². The normalized spacial score (nSPS) is 16.8. The van der Waals surface area contributed by atoms with Crippen molar-refractivity contribution in [2.75, 3.05) is 24.5 Å². The van der Waals surface area contributed by atoms with Gasteiger partial charge in [-0.25, -0.2) is 0 Å². The van der Waals surface area contributed by atoms with Gasteiger partial charge in [-0.3, -0.25) is 9.93 Å². The van der Waals surface area contributed by atoms with Crippen LogP contribution in [0.25, 0.3) is 6.08 Å². The first-order chi connectivity index (χ1) is 13.2. The molecule has 0 atom stereocenters. The quantitative estimate of drug-likeness (QED) is 0.717. The summed E-state index contributed by atoms with van der Waals surface area (Å²) in [5, 5.41) is 10.4. The Hall–Kier alpha value is -1.31. The van der Waals surface area contributed by atoms with E-state index in [-0.39, 0.29) is 5.91 Å². The fourth-order valence-electron chi connectivity index (χ4n) is 3.27. The molecule has 1 fully saturated rings. The van der Waals surface area contributed by atoms with E-state index in [1.54, 1.807) is 0 Å². The van der Waals surface area contributed by atoms with Crippen molar-refractivity contribution in [2.45, 2.75) is 25.7 Å². The van der Waals surface area contributed by atoms with Gasteiger partial charge >= 0.3 is 0 Å². The number of benzene rings is 1. The van der Waals surface area contributed by atoms with Gasteiger partial charge in [-0.15, -0.1) is 11.3 Å². The van der Waals surface area contributed by atoms with E-state index in [1.165, 1.54) is 34.4 Å². The summed E-state index contributed by atoms with van der Waals surface area (Å²) in [6.07, 6.45) is 5.81.